The van der Waals surface area contributed by atoms with Gasteiger partial charge in [-0.2, -0.15) is 0 Å². The molecule has 0 spiro atoms. The third kappa shape index (κ3) is 6.93. The fraction of sp³-hybridized carbons (Fsp3) is 0.409. The number of carbonyl (C=O) groups excluding carboxylic acids is 1. The van der Waals surface area contributed by atoms with E-state index in [2.05, 4.69) is 18.3 Å². The molecule has 0 aliphatic rings. The van der Waals surface area contributed by atoms with Crippen LogP contribution in [0, 0.1) is 5.82 Å². The summed E-state index contributed by atoms with van der Waals surface area (Å²) in [5.41, 5.74) is 1.15. The lowest BCUT2D eigenvalue weighted by Gasteiger charge is -2.17. The van der Waals surface area contributed by atoms with Gasteiger partial charge in [-0.25, -0.2) is 4.39 Å². The van der Waals surface area contributed by atoms with Gasteiger partial charge in [-0.05, 0) is 61.6 Å². The van der Waals surface area contributed by atoms with Crippen molar-refractivity contribution in [3.05, 3.63) is 59.9 Å². The number of hydrogen-bond donors (Lipinski definition) is 1. The van der Waals surface area contributed by atoms with E-state index in [1.165, 1.54) is 24.3 Å². The third-order valence-electron chi connectivity index (χ3n) is 4.11. The summed E-state index contributed by atoms with van der Waals surface area (Å²) in [6.07, 6.45) is 2.56. The first kappa shape index (κ1) is 20.7. The van der Waals surface area contributed by atoms with Crippen LogP contribution in [-0.2, 0) is 11.2 Å². The highest BCUT2D eigenvalue weighted by atomic mass is 19.1. The van der Waals surface area contributed by atoms with Gasteiger partial charge in [0, 0.05) is 6.54 Å². The Morgan fingerprint density at radius 2 is 1.85 bits per heavy atom. The highest BCUT2D eigenvalue weighted by molar-refractivity contribution is 5.81. The lowest BCUT2D eigenvalue weighted by atomic mass is 10.1. The van der Waals surface area contributed by atoms with Gasteiger partial charge in [-0.3, -0.25) is 4.79 Å². The molecule has 0 saturated carbocycles. The molecule has 146 valence electrons. The number of halogens is 1. The maximum atomic E-state index is 13.0. The van der Waals surface area contributed by atoms with Crippen LogP contribution in [0.4, 0.5) is 4.39 Å². The van der Waals surface area contributed by atoms with Gasteiger partial charge < -0.3 is 14.8 Å². The molecule has 1 atom stereocenters. The van der Waals surface area contributed by atoms with Crippen molar-refractivity contribution in [2.45, 2.75) is 45.6 Å². The van der Waals surface area contributed by atoms with Crippen LogP contribution < -0.4 is 14.8 Å². The van der Waals surface area contributed by atoms with Crippen molar-refractivity contribution in [1.82, 2.24) is 5.32 Å². The predicted octanol–water partition coefficient (Wildman–Crippen LogP) is 4.52. The highest BCUT2D eigenvalue weighted by Gasteiger charge is 2.17. The van der Waals surface area contributed by atoms with Crippen LogP contribution in [0.15, 0.2) is 48.5 Å². The molecule has 1 N–H and O–H groups in total. The molecule has 0 heterocycles. The lowest BCUT2D eigenvalue weighted by molar-refractivity contribution is -0.128. The Balaban J connectivity index is 1.78. The van der Waals surface area contributed by atoms with Gasteiger partial charge in [0.05, 0.1) is 6.61 Å². The van der Waals surface area contributed by atoms with Gasteiger partial charge in [0.2, 0.25) is 0 Å². The Labute approximate surface area is 160 Å². The van der Waals surface area contributed by atoms with Gasteiger partial charge >= 0.3 is 0 Å². The summed E-state index contributed by atoms with van der Waals surface area (Å²) < 4.78 is 24.4. The van der Waals surface area contributed by atoms with Gasteiger partial charge in [-0.1, -0.05) is 32.0 Å². The molecule has 2 rings (SSSR count). The van der Waals surface area contributed by atoms with Gasteiger partial charge in [0.1, 0.15) is 17.3 Å². The van der Waals surface area contributed by atoms with Crippen LogP contribution in [-0.4, -0.2) is 25.2 Å². The fourth-order valence-corrected chi connectivity index (χ4v) is 2.67. The van der Waals surface area contributed by atoms with Crippen molar-refractivity contribution in [2.75, 3.05) is 13.2 Å². The van der Waals surface area contributed by atoms with Crippen molar-refractivity contribution in [1.29, 1.82) is 0 Å². The Morgan fingerprint density at radius 1 is 1.11 bits per heavy atom. The average Bonchev–Trinajstić information content (AvgIpc) is 2.69. The smallest absolute Gasteiger partial charge is 0.261 e. The second kappa shape index (κ2) is 11.2. The molecule has 0 fully saturated rings. The monoisotopic (exact) mass is 373 g/mol. The highest BCUT2D eigenvalue weighted by Crippen LogP contribution is 2.19. The minimum atomic E-state index is -0.587. The van der Waals surface area contributed by atoms with Crippen molar-refractivity contribution >= 4 is 5.91 Å². The van der Waals surface area contributed by atoms with Crippen LogP contribution in [0.2, 0.25) is 0 Å². The van der Waals surface area contributed by atoms with Gasteiger partial charge in [0.25, 0.3) is 5.91 Å². The quantitative estimate of drug-likeness (QED) is 0.589. The minimum absolute atomic E-state index is 0.155. The number of amides is 1. The normalized spacial score (nSPS) is 11.7. The molecule has 0 radical (unpaired) electrons. The summed E-state index contributed by atoms with van der Waals surface area (Å²) in [7, 11) is 0. The Morgan fingerprint density at radius 3 is 2.56 bits per heavy atom. The second-order valence-corrected chi connectivity index (χ2v) is 6.32. The summed E-state index contributed by atoms with van der Waals surface area (Å²) in [6.45, 7) is 5.22. The molecular weight excluding hydrogens is 345 g/mol. The maximum absolute atomic E-state index is 13.0. The molecule has 4 nitrogen and oxygen atoms in total. The number of rotatable bonds is 11. The molecule has 1 amide bonds. The van der Waals surface area contributed by atoms with E-state index in [1.807, 2.05) is 25.1 Å². The SMILES string of the molecule is CCCOc1ccccc1CCCNC(=O)[C@@H](CC)Oc1ccc(F)cc1. The number of hydrogen-bond acceptors (Lipinski definition) is 3. The number of benzene rings is 2. The van der Waals surface area contributed by atoms with E-state index >= 15 is 0 Å². The molecule has 0 saturated heterocycles. The summed E-state index contributed by atoms with van der Waals surface area (Å²) in [5, 5.41) is 2.92. The van der Waals surface area contributed by atoms with Crippen LogP contribution in [0.3, 0.4) is 0 Å². The molecular formula is C22H28FNO3. The topological polar surface area (TPSA) is 47.6 Å². The van der Waals surface area contributed by atoms with E-state index in [9.17, 15) is 9.18 Å². The van der Waals surface area contributed by atoms with Crippen LogP contribution >= 0.6 is 0 Å². The lowest BCUT2D eigenvalue weighted by Crippen LogP contribution is -2.38. The van der Waals surface area contributed by atoms with E-state index in [0.29, 0.717) is 25.3 Å². The molecule has 0 aliphatic carbocycles. The molecule has 2 aromatic rings. The van der Waals surface area contributed by atoms with Crippen LogP contribution in [0.1, 0.15) is 38.7 Å². The van der Waals surface area contributed by atoms with Gasteiger partial charge in [-0.15, -0.1) is 0 Å². The fourth-order valence-electron chi connectivity index (χ4n) is 2.67. The van der Waals surface area contributed by atoms with Crippen LogP contribution in [0.5, 0.6) is 11.5 Å². The standard InChI is InChI=1S/C22H28FNO3/c1-3-16-26-21-10-6-5-8-17(21)9-7-15-24-22(25)20(4-2)27-19-13-11-18(23)12-14-19/h5-6,8,10-14,20H,3-4,7,9,15-16H2,1-2H3,(H,24,25)/t20-/m1/s1. The summed E-state index contributed by atoms with van der Waals surface area (Å²) in [4.78, 5) is 12.3. The number of ether oxygens (including phenoxy) is 2. The van der Waals surface area contributed by atoms with Crippen molar-refractivity contribution in [3.63, 3.8) is 0 Å². The number of aryl methyl sites for hydroxylation is 1. The maximum Gasteiger partial charge on any atom is 0.261 e. The largest absolute Gasteiger partial charge is 0.493 e. The zero-order valence-electron chi connectivity index (χ0n) is 16.0. The number of carbonyl (C=O) groups is 1. The van der Waals surface area contributed by atoms with E-state index in [-0.39, 0.29) is 11.7 Å². The van der Waals surface area contributed by atoms with E-state index in [0.717, 1.165) is 30.6 Å². The van der Waals surface area contributed by atoms with Crippen LogP contribution in [0.25, 0.3) is 0 Å². The molecule has 0 unspecified atom stereocenters. The molecule has 27 heavy (non-hydrogen) atoms. The van der Waals surface area contributed by atoms with E-state index in [1.54, 1.807) is 0 Å². The van der Waals surface area contributed by atoms with Gasteiger partial charge in [0.15, 0.2) is 6.10 Å². The zero-order chi connectivity index (χ0) is 19.5. The first-order valence-electron chi connectivity index (χ1n) is 9.54. The van der Waals surface area contributed by atoms with E-state index in [4.69, 9.17) is 9.47 Å². The molecule has 0 aliphatic heterocycles. The first-order chi connectivity index (χ1) is 13.1. The number of para-hydroxylation sites is 1. The average molecular weight is 373 g/mol. The van der Waals surface area contributed by atoms with Crippen molar-refractivity contribution in [2.24, 2.45) is 0 Å². The zero-order valence-corrected chi connectivity index (χ0v) is 16.0. The Bertz CT molecular complexity index is 703. The number of nitrogens with one attached hydrogen (secondary N) is 1. The van der Waals surface area contributed by atoms with E-state index < -0.39 is 6.10 Å². The molecule has 0 aromatic heterocycles. The first-order valence-corrected chi connectivity index (χ1v) is 9.54. The second-order valence-electron chi connectivity index (χ2n) is 6.32. The molecule has 2 aromatic carbocycles. The summed E-state index contributed by atoms with van der Waals surface area (Å²) >= 11 is 0. The third-order valence-corrected chi connectivity index (χ3v) is 4.11. The summed E-state index contributed by atoms with van der Waals surface area (Å²) in [5.74, 6) is 0.914. The Kier molecular flexibility index (Phi) is 8.62. The molecule has 0 bridgehead atoms. The van der Waals surface area contributed by atoms with Crippen molar-refractivity contribution in [3.8, 4) is 11.5 Å². The summed E-state index contributed by atoms with van der Waals surface area (Å²) in [6, 6.07) is 13.7. The predicted molar refractivity (Wildman–Crippen MR) is 105 cm³/mol. The molecule has 5 heteroatoms. The Hall–Kier alpha value is -2.56. The van der Waals surface area contributed by atoms with Crippen molar-refractivity contribution < 1.29 is 18.7 Å². The minimum Gasteiger partial charge on any atom is -0.493 e.